The molecule has 0 aliphatic rings. The maximum atomic E-state index is 5.97. The average Bonchev–Trinajstić information content (AvgIpc) is 2.71. The van der Waals surface area contributed by atoms with Crippen LogP contribution in [-0.2, 0) is 0 Å². The number of nitrogens with two attached hydrogens (primary N) is 2. The molecule has 0 radical (unpaired) electrons. The Kier molecular flexibility index (Phi) is 18.2. The zero-order chi connectivity index (χ0) is 19.9. The largest absolute Gasteiger partial charge is 0.378 e. The van der Waals surface area contributed by atoms with E-state index in [0.29, 0.717) is 10.3 Å². The Morgan fingerprint density at radius 3 is 1.27 bits per heavy atom. The molecule has 0 amide bonds. The molecular formula is C22H32Br2N4S2. The van der Waals surface area contributed by atoms with Gasteiger partial charge >= 0.3 is 0 Å². The van der Waals surface area contributed by atoms with Gasteiger partial charge in [0.15, 0.2) is 10.3 Å². The summed E-state index contributed by atoms with van der Waals surface area (Å²) in [5.41, 5.74) is 13.8. The van der Waals surface area contributed by atoms with Crippen molar-refractivity contribution in [2.75, 3.05) is 11.5 Å². The van der Waals surface area contributed by atoms with Gasteiger partial charge in [0.25, 0.3) is 0 Å². The molecule has 0 aromatic heterocycles. The van der Waals surface area contributed by atoms with Crippen LogP contribution in [0.2, 0.25) is 0 Å². The second kappa shape index (κ2) is 18.8. The van der Waals surface area contributed by atoms with Gasteiger partial charge in [-0.2, -0.15) is 0 Å². The van der Waals surface area contributed by atoms with Crippen LogP contribution in [0.25, 0.3) is 0 Å². The molecule has 0 spiro atoms. The molecule has 0 aliphatic carbocycles. The minimum Gasteiger partial charge on any atom is -0.378 e. The van der Waals surface area contributed by atoms with Crippen LogP contribution < -0.4 is 11.5 Å². The molecule has 0 aliphatic heterocycles. The van der Waals surface area contributed by atoms with E-state index in [1.165, 1.54) is 38.5 Å². The number of aliphatic imine (C=N–C) groups is 2. The van der Waals surface area contributed by atoms with Crippen molar-refractivity contribution in [3.05, 3.63) is 60.7 Å². The van der Waals surface area contributed by atoms with Crippen molar-refractivity contribution in [3.8, 4) is 0 Å². The maximum Gasteiger partial charge on any atom is 0.159 e. The third-order valence-electron chi connectivity index (χ3n) is 4.03. The van der Waals surface area contributed by atoms with Gasteiger partial charge in [-0.25, -0.2) is 9.98 Å². The maximum absolute atomic E-state index is 5.97. The number of nitrogens with zero attached hydrogens (tertiary/aromatic N) is 2. The third kappa shape index (κ3) is 14.1. The Balaban J connectivity index is 0.00000420. The van der Waals surface area contributed by atoms with E-state index in [4.69, 9.17) is 11.5 Å². The molecule has 0 saturated carbocycles. The minimum atomic E-state index is 0. The first-order valence-electron chi connectivity index (χ1n) is 9.78. The number of benzene rings is 2. The summed E-state index contributed by atoms with van der Waals surface area (Å²) in [6, 6.07) is 19.7. The molecule has 8 heteroatoms. The summed E-state index contributed by atoms with van der Waals surface area (Å²) in [6.07, 6.45) is 7.40. The summed E-state index contributed by atoms with van der Waals surface area (Å²) in [7, 11) is 0. The fourth-order valence-corrected chi connectivity index (χ4v) is 4.04. The molecule has 4 N–H and O–H groups in total. The lowest BCUT2D eigenvalue weighted by Crippen LogP contribution is -2.06. The van der Waals surface area contributed by atoms with Crippen LogP contribution >= 0.6 is 57.5 Å². The molecule has 0 bridgehead atoms. The highest BCUT2D eigenvalue weighted by Gasteiger charge is 1.98. The van der Waals surface area contributed by atoms with Gasteiger partial charge in [0.05, 0.1) is 11.4 Å². The molecule has 30 heavy (non-hydrogen) atoms. The molecule has 166 valence electrons. The van der Waals surface area contributed by atoms with Crippen molar-refractivity contribution in [2.24, 2.45) is 21.5 Å². The van der Waals surface area contributed by atoms with Crippen molar-refractivity contribution in [1.29, 1.82) is 0 Å². The normalized spacial score (nSPS) is 11.5. The number of halogens is 2. The highest BCUT2D eigenvalue weighted by atomic mass is 79.9. The lowest BCUT2D eigenvalue weighted by molar-refractivity contribution is 0.629. The molecule has 2 aromatic carbocycles. The van der Waals surface area contributed by atoms with Gasteiger partial charge < -0.3 is 11.5 Å². The summed E-state index contributed by atoms with van der Waals surface area (Å²) in [6.45, 7) is 0. The second-order valence-corrected chi connectivity index (χ2v) is 8.62. The Morgan fingerprint density at radius 2 is 0.900 bits per heavy atom. The highest BCUT2D eigenvalue weighted by Crippen LogP contribution is 2.16. The third-order valence-corrected chi connectivity index (χ3v) is 5.79. The van der Waals surface area contributed by atoms with Gasteiger partial charge in [0, 0.05) is 11.5 Å². The summed E-state index contributed by atoms with van der Waals surface area (Å²) >= 11 is 3.29. The Hall–Kier alpha value is -0.960. The molecule has 2 rings (SSSR count). The van der Waals surface area contributed by atoms with Gasteiger partial charge in [0.2, 0.25) is 0 Å². The lowest BCUT2D eigenvalue weighted by atomic mass is 10.1. The smallest absolute Gasteiger partial charge is 0.159 e. The van der Waals surface area contributed by atoms with Crippen molar-refractivity contribution in [3.63, 3.8) is 0 Å². The predicted octanol–water partition coefficient (Wildman–Crippen LogP) is 7.24. The van der Waals surface area contributed by atoms with Gasteiger partial charge in [-0.3, -0.25) is 0 Å². The van der Waals surface area contributed by atoms with Crippen LogP contribution in [0.4, 0.5) is 11.4 Å². The minimum absolute atomic E-state index is 0. The van der Waals surface area contributed by atoms with Gasteiger partial charge in [0.1, 0.15) is 0 Å². The Bertz CT molecular complexity index is 665. The molecule has 2 aromatic rings. The van der Waals surface area contributed by atoms with Crippen molar-refractivity contribution in [1.82, 2.24) is 0 Å². The topological polar surface area (TPSA) is 76.8 Å². The van der Waals surface area contributed by atoms with Crippen LogP contribution in [0.5, 0.6) is 0 Å². The first-order valence-corrected chi connectivity index (χ1v) is 11.7. The van der Waals surface area contributed by atoms with Crippen LogP contribution in [0.1, 0.15) is 38.5 Å². The zero-order valence-corrected chi connectivity index (χ0v) is 22.2. The zero-order valence-electron chi connectivity index (χ0n) is 17.1. The van der Waals surface area contributed by atoms with E-state index in [9.17, 15) is 0 Å². The van der Waals surface area contributed by atoms with E-state index >= 15 is 0 Å². The second-order valence-electron chi connectivity index (χ2n) is 6.39. The number of hydrogen-bond donors (Lipinski definition) is 2. The number of rotatable bonds is 11. The van der Waals surface area contributed by atoms with Crippen molar-refractivity contribution in [2.45, 2.75) is 38.5 Å². The number of unbranched alkanes of at least 4 members (excludes halogenated alkanes) is 5. The summed E-state index contributed by atoms with van der Waals surface area (Å²) < 4.78 is 0. The summed E-state index contributed by atoms with van der Waals surface area (Å²) in [5.74, 6) is 2.06. The van der Waals surface area contributed by atoms with Gasteiger partial charge in [-0.15, -0.1) is 34.0 Å². The SMILES string of the molecule is Br.Br.NC(=Nc1ccccc1)SCCCCCCCCSC(N)=Nc1ccccc1. The number of thioether (sulfide) groups is 2. The molecule has 0 atom stereocenters. The van der Waals surface area contributed by atoms with E-state index in [2.05, 4.69) is 9.98 Å². The van der Waals surface area contributed by atoms with Crippen LogP contribution in [0, 0.1) is 0 Å². The van der Waals surface area contributed by atoms with Gasteiger partial charge in [-0.1, -0.05) is 85.6 Å². The monoisotopic (exact) mass is 574 g/mol. The molecular weight excluding hydrogens is 544 g/mol. The summed E-state index contributed by atoms with van der Waals surface area (Å²) in [5, 5.41) is 1.30. The standard InChI is InChI=1S/C22H30N4S2.2BrH/c23-21(25-19-13-7-5-8-14-19)27-17-11-3-1-2-4-12-18-28-22(24)26-20-15-9-6-10-16-20;;/h5-10,13-16H,1-4,11-12,17-18H2,(H2,23,25)(H2,24,26);2*1H. The molecule has 0 fully saturated rings. The van der Waals surface area contributed by atoms with Crippen LogP contribution in [-0.4, -0.2) is 21.8 Å². The highest BCUT2D eigenvalue weighted by molar-refractivity contribution is 8.93. The molecule has 0 unspecified atom stereocenters. The Labute approximate surface area is 210 Å². The lowest BCUT2D eigenvalue weighted by Gasteiger charge is -2.03. The van der Waals surface area contributed by atoms with Gasteiger partial charge in [-0.05, 0) is 37.1 Å². The van der Waals surface area contributed by atoms with E-state index in [0.717, 1.165) is 22.9 Å². The number of amidine groups is 2. The van der Waals surface area contributed by atoms with Crippen molar-refractivity contribution >= 4 is 79.2 Å². The van der Waals surface area contributed by atoms with E-state index in [1.807, 2.05) is 60.7 Å². The molecule has 0 heterocycles. The van der Waals surface area contributed by atoms with E-state index in [1.54, 1.807) is 23.5 Å². The Morgan fingerprint density at radius 1 is 0.567 bits per heavy atom. The van der Waals surface area contributed by atoms with E-state index < -0.39 is 0 Å². The van der Waals surface area contributed by atoms with Crippen LogP contribution in [0.3, 0.4) is 0 Å². The first-order chi connectivity index (χ1) is 13.7. The number of hydrogen-bond acceptors (Lipinski definition) is 4. The number of para-hydroxylation sites is 2. The predicted molar refractivity (Wildman–Crippen MR) is 149 cm³/mol. The first kappa shape index (κ1) is 29.0. The average molecular weight is 576 g/mol. The van der Waals surface area contributed by atoms with Crippen molar-refractivity contribution < 1.29 is 0 Å². The molecule has 0 saturated heterocycles. The van der Waals surface area contributed by atoms with Crippen LogP contribution in [0.15, 0.2) is 70.6 Å². The fourth-order valence-electron chi connectivity index (χ4n) is 2.59. The quantitative estimate of drug-likeness (QED) is 0.168. The van der Waals surface area contributed by atoms with E-state index in [-0.39, 0.29) is 34.0 Å². The molecule has 4 nitrogen and oxygen atoms in total. The summed E-state index contributed by atoms with van der Waals surface area (Å²) in [4.78, 5) is 8.80. The fraction of sp³-hybridized carbons (Fsp3) is 0.364.